The van der Waals surface area contributed by atoms with E-state index in [1.807, 2.05) is 6.92 Å². The number of halogens is 4. The van der Waals surface area contributed by atoms with E-state index in [1.165, 1.54) is 12.1 Å². The Bertz CT molecular complexity index is 1360. The lowest BCUT2D eigenvalue weighted by Gasteiger charge is -2.40. The topological polar surface area (TPSA) is 109 Å². The highest BCUT2D eigenvalue weighted by molar-refractivity contribution is 7.92. The molecule has 0 spiro atoms. The minimum atomic E-state index is -4.04. The molecule has 0 aliphatic heterocycles. The Labute approximate surface area is 213 Å². The number of carbonyl (C=O) groups excluding carboxylic acids is 1. The van der Waals surface area contributed by atoms with Gasteiger partial charge in [0.15, 0.2) is 27.3 Å². The number of hydrogen-bond donors (Lipinski definition) is 2. The highest BCUT2D eigenvalue weighted by Gasteiger charge is 2.42. The van der Waals surface area contributed by atoms with Crippen LogP contribution in [0.3, 0.4) is 0 Å². The predicted molar refractivity (Wildman–Crippen MR) is 131 cm³/mol. The molecule has 1 aliphatic rings. The normalized spacial score (nSPS) is 22.9. The van der Waals surface area contributed by atoms with Gasteiger partial charge in [0.2, 0.25) is 10.0 Å². The lowest BCUT2D eigenvalue weighted by atomic mass is 9.77. The van der Waals surface area contributed by atoms with Crippen molar-refractivity contribution in [2.24, 2.45) is 11.8 Å². The Hall–Kier alpha value is -2.15. The fourth-order valence-electron chi connectivity index (χ4n) is 4.61. The van der Waals surface area contributed by atoms with Crippen LogP contribution in [0.5, 0.6) is 0 Å². The van der Waals surface area contributed by atoms with Gasteiger partial charge in [0.25, 0.3) is 5.91 Å². The van der Waals surface area contributed by atoms with Crippen LogP contribution in [0, 0.1) is 29.3 Å². The maximum absolute atomic E-state index is 13.6. The molecule has 1 fully saturated rings. The lowest BCUT2D eigenvalue weighted by Crippen LogP contribution is -2.50. The number of benzene rings is 2. The first-order valence-electron chi connectivity index (χ1n) is 11.1. The molecule has 2 aromatic carbocycles. The summed E-state index contributed by atoms with van der Waals surface area (Å²) in [6.07, 6.45) is 1.97. The summed E-state index contributed by atoms with van der Waals surface area (Å²) in [5, 5.41) is 1.23. The zero-order chi connectivity index (χ0) is 27.0. The molecular formula is C23H26ClF3N2O5S2. The van der Waals surface area contributed by atoms with Gasteiger partial charge in [-0.3, -0.25) is 4.79 Å². The van der Waals surface area contributed by atoms with Crippen molar-refractivity contribution < 1.29 is 34.8 Å². The van der Waals surface area contributed by atoms with Gasteiger partial charge in [-0.2, -0.15) is 0 Å². The summed E-state index contributed by atoms with van der Waals surface area (Å²) in [6, 6.07) is 4.33. The molecule has 0 radical (unpaired) electrons. The number of carbonyl (C=O) groups is 1. The van der Waals surface area contributed by atoms with Crippen LogP contribution in [-0.4, -0.2) is 40.3 Å². The van der Waals surface area contributed by atoms with Crippen molar-refractivity contribution in [2.75, 3.05) is 11.6 Å². The Morgan fingerprint density at radius 2 is 1.67 bits per heavy atom. The molecule has 1 aliphatic carbocycles. The standard InChI is InChI=1S/C23H26ClF3N2O5S2/c1-4-13-8-16(7-12(2)22(13)29-35(3,31)32)36(33,34)20-9-14(5-6-17(20)24)23(30)28-15-10-18(25)21(27)19(26)11-15/h5-6,9-13,16,22,29H,4,7-8H2,1-3H3,(H,28,30)/t12-,13?,16-,22?/m0/s1. The molecule has 13 heteroatoms. The average molecular weight is 567 g/mol. The fourth-order valence-corrected chi connectivity index (χ4v) is 8.02. The third-order valence-corrected chi connectivity index (χ3v) is 9.73. The Balaban J connectivity index is 1.89. The first-order valence-corrected chi connectivity index (χ1v) is 14.9. The number of sulfone groups is 1. The quantitative estimate of drug-likeness (QED) is 0.479. The summed E-state index contributed by atoms with van der Waals surface area (Å²) in [4.78, 5) is 12.4. The van der Waals surface area contributed by atoms with Crippen molar-refractivity contribution in [2.45, 2.75) is 49.3 Å². The largest absolute Gasteiger partial charge is 0.322 e. The number of hydrogen-bond acceptors (Lipinski definition) is 5. The highest BCUT2D eigenvalue weighted by Crippen LogP contribution is 2.39. The molecule has 0 bridgehead atoms. The van der Waals surface area contributed by atoms with Crippen LogP contribution in [0.2, 0.25) is 5.02 Å². The SMILES string of the molecule is CCC1C[C@@H](S(=O)(=O)c2cc(C(=O)Nc3cc(F)c(F)c(F)c3)ccc2Cl)C[C@H](C)C1NS(C)(=O)=O. The van der Waals surface area contributed by atoms with E-state index in [0.717, 1.165) is 12.3 Å². The third-order valence-electron chi connectivity index (χ3n) is 6.38. The van der Waals surface area contributed by atoms with E-state index >= 15 is 0 Å². The van der Waals surface area contributed by atoms with E-state index in [2.05, 4.69) is 10.0 Å². The maximum Gasteiger partial charge on any atom is 0.255 e. The second-order valence-corrected chi connectivity index (χ2v) is 13.4. The van der Waals surface area contributed by atoms with Gasteiger partial charge >= 0.3 is 0 Å². The zero-order valence-corrected chi connectivity index (χ0v) is 22.1. The molecule has 3 rings (SSSR count). The van der Waals surface area contributed by atoms with E-state index in [4.69, 9.17) is 11.6 Å². The van der Waals surface area contributed by atoms with Crippen LogP contribution >= 0.6 is 11.6 Å². The molecule has 4 atom stereocenters. The molecule has 2 unspecified atom stereocenters. The number of anilines is 1. The summed E-state index contributed by atoms with van der Waals surface area (Å²) < 4.78 is 93.5. The monoisotopic (exact) mass is 566 g/mol. The van der Waals surface area contributed by atoms with Gasteiger partial charge in [0, 0.05) is 29.4 Å². The highest BCUT2D eigenvalue weighted by atomic mass is 35.5. The molecule has 7 nitrogen and oxygen atoms in total. The van der Waals surface area contributed by atoms with Crippen LogP contribution in [0.4, 0.5) is 18.9 Å². The molecule has 0 saturated heterocycles. The smallest absolute Gasteiger partial charge is 0.255 e. The molecule has 2 aromatic rings. The van der Waals surface area contributed by atoms with Gasteiger partial charge in [-0.05, 0) is 42.9 Å². The van der Waals surface area contributed by atoms with Gasteiger partial charge in [0.1, 0.15) is 0 Å². The first-order chi connectivity index (χ1) is 16.6. The van der Waals surface area contributed by atoms with Gasteiger partial charge in [-0.25, -0.2) is 34.7 Å². The van der Waals surface area contributed by atoms with Crippen LogP contribution in [0.15, 0.2) is 35.2 Å². The van der Waals surface area contributed by atoms with Gasteiger partial charge < -0.3 is 5.32 Å². The predicted octanol–water partition coefficient (Wildman–Crippen LogP) is 4.53. The van der Waals surface area contributed by atoms with Crippen molar-refractivity contribution in [3.8, 4) is 0 Å². The second-order valence-electron chi connectivity index (χ2n) is 9.05. The number of rotatable bonds is 7. The first kappa shape index (κ1) is 28.4. The van der Waals surface area contributed by atoms with E-state index < -0.39 is 54.5 Å². The number of amides is 1. The molecular weight excluding hydrogens is 541 g/mol. The molecule has 0 aromatic heterocycles. The van der Waals surface area contributed by atoms with E-state index in [1.54, 1.807) is 6.92 Å². The molecule has 0 heterocycles. The summed E-state index contributed by atoms with van der Waals surface area (Å²) in [7, 11) is -7.54. The van der Waals surface area contributed by atoms with Gasteiger partial charge in [0.05, 0.1) is 21.4 Å². The Morgan fingerprint density at radius 1 is 1.06 bits per heavy atom. The minimum Gasteiger partial charge on any atom is -0.322 e. The van der Waals surface area contributed by atoms with E-state index in [9.17, 15) is 34.8 Å². The molecule has 1 saturated carbocycles. The summed E-state index contributed by atoms with van der Waals surface area (Å²) >= 11 is 6.20. The van der Waals surface area contributed by atoms with Crippen LogP contribution in [0.1, 0.15) is 43.5 Å². The van der Waals surface area contributed by atoms with Gasteiger partial charge in [-0.1, -0.05) is 31.9 Å². The fraction of sp³-hybridized carbons (Fsp3) is 0.435. The van der Waals surface area contributed by atoms with Crippen molar-refractivity contribution in [1.82, 2.24) is 4.72 Å². The second kappa shape index (κ2) is 10.7. The minimum absolute atomic E-state index is 0.109. The molecule has 1 amide bonds. The third kappa shape index (κ3) is 6.21. The Morgan fingerprint density at radius 3 is 2.22 bits per heavy atom. The summed E-state index contributed by atoms with van der Waals surface area (Å²) in [6.45, 7) is 3.63. The van der Waals surface area contributed by atoms with Crippen molar-refractivity contribution in [3.63, 3.8) is 0 Å². The van der Waals surface area contributed by atoms with Crippen molar-refractivity contribution in [1.29, 1.82) is 0 Å². The Kier molecular flexibility index (Phi) is 8.43. The van der Waals surface area contributed by atoms with E-state index in [-0.39, 0.29) is 45.8 Å². The lowest BCUT2D eigenvalue weighted by molar-refractivity contribution is 0.102. The van der Waals surface area contributed by atoms with E-state index in [0.29, 0.717) is 18.6 Å². The van der Waals surface area contributed by atoms with Crippen molar-refractivity contribution >= 4 is 43.1 Å². The summed E-state index contributed by atoms with van der Waals surface area (Å²) in [5.74, 6) is -6.08. The number of sulfonamides is 1. The summed E-state index contributed by atoms with van der Waals surface area (Å²) in [5.41, 5.74) is -0.497. The van der Waals surface area contributed by atoms with Crippen LogP contribution in [0.25, 0.3) is 0 Å². The molecule has 36 heavy (non-hydrogen) atoms. The molecule has 198 valence electrons. The number of nitrogens with one attached hydrogen (secondary N) is 2. The van der Waals surface area contributed by atoms with Crippen molar-refractivity contribution in [3.05, 3.63) is 58.4 Å². The zero-order valence-electron chi connectivity index (χ0n) is 19.7. The van der Waals surface area contributed by atoms with Crippen LogP contribution < -0.4 is 10.0 Å². The molecule has 2 N–H and O–H groups in total. The van der Waals surface area contributed by atoms with Crippen LogP contribution in [-0.2, 0) is 19.9 Å². The van der Waals surface area contributed by atoms with Gasteiger partial charge in [-0.15, -0.1) is 0 Å². The average Bonchev–Trinajstić information content (AvgIpc) is 2.77. The maximum atomic E-state index is 13.6.